The number of nitrogens with zero attached hydrogens (tertiary/aromatic N) is 1. The van der Waals surface area contributed by atoms with Gasteiger partial charge in [0, 0.05) is 12.0 Å². The van der Waals surface area contributed by atoms with Crippen molar-refractivity contribution in [3.8, 4) is 0 Å². The molecule has 4 rings (SSSR count). The Kier molecular flexibility index (Phi) is 5.11. The molecule has 0 unspecified atom stereocenters. The van der Waals surface area contributed by atoms with Crippen LogP contribution in [-0.2, 0) is 11.2 Å². The van der Waals surface area contributed by atoms with E-state index in [0.717, 1.165) is 16.8 Å². The van der Waals surface area contributed by atoms with E-state index >= 15 is 0 Å². The first-order valence-corrected chi connectivity index (χ1v) is 9.22. The molecule has 0 bridgehead atoms. The predicted molar refractivity (Wildman–Crippen MR) is 108 cm³/mol. The molecule has 0 aliphatic carbocycles. The summed E-state index contributed by atoms with van der Waals surface area (Å²) in [7, 11) is 0. The zero-order chi connectivity index (χ0) is 19.3. The van der Waals surface area contributed by atoms with Gasteiger partial charge in [0.2, 0.25) is 0 Å². The lowest BCUT2D eigenvalue weighted by molar-refractivity contribution is 0.0509. The summed E-state index contributed by atoms with van der Waals surface area (Å²) in [5.74, 6) is -0.466. The minimum atomic E-state index is -0.427. The fourth-order valence-corrected chi connectivity index (χ4v) is 3.20. The quantitative estimate of drug-likeness (QED) is 0.608. The lowest BCUT2D eigenvalue weighted by Crippen LogP contribution is -2.16. The third-order valence-electron chi connectivity index (χ3n) is 4.69. The van der Waals surface area contributed by atoms with Crippen molar-refractivity contribution in [2.45, 2.75) is 12.8 Å². The van der Waals surface area contributed by atoms with Crippen LogP contribution in [0.15, 0.2) is 83.9 Å². The van der Waals surface area contributed by atoms with Crippen LogP contribution in [0.5, 0.6) is 0 Å². The zero-order valence-corrected chi connectivity index (χ0v) is 15.3. The summed E-state index contributed by atoms with van der Waals surface area (Å²) in [4.78, 5) is 29.6. The van der Waals surface area contributed by atoms with Gasteiger partial charge in [-0.2, -0.15) is 0 Å². The summed E-state index contributed by atoms with van der Waals surface area (Å²) in [5.41, 5.74) is 4.23. The summed E-state index contributed by atoms with van der Waals surface area (Å²) in [5, 5.41) is 0. The molecule has 3 aromatic carbocycles. The molecule has 3 aromatic rings. The molecule has 4 nitrogen and oxygen atoms in total. The number of fused-ring (bicyclic) bond motifs is 1. The lowest BCUT2D eigenvalue weighted by atomic mass is 9.95. The van der Waals surface area contributed by atoms with Crippen molar-refractivity contribution in [2.24, 2.45) is 4.99 Å². The van der Waals surface area contributed by atoms with Crippen molar-refractivity contribution in [1.82, 2.24) is 0 Å². The van der Waals surface area contributed by atoms with E-state index in [1.807, 2.05) is 60.7 Å². The smallest absolute Gasteiger partial charge is 0.338 e. The Labute approximate surface area is 163 Å². The van der Waals surface area contributed by atoms with Crippen molar-refractivity contribution in [1.29, 1.82) is 0 Å². The second kappa shape index (κ2) is 8.01. The molecule has 4 heteroatoms. The van der Waals surface area contributed by atoms with E-state index < -0.39 is 5.97 Å². The molecule has 0 saturated carbocycles. The van der Waals surface area contributed by atoms with Gasteiger partial charge in [-0.15, -0.1) is 0 Å². The third kappa shape index (κ3) is 3.91. The van der Waals surface area contributed by atoms with Gasteiger partial charge in [-0.3, -0.25) is 9.79 Å². The van der Waals surface area contributed by atoms with Crippen LogP contribution < -0.4 is 0 Å². The summed E-state index contributed by atoms with van der Waals surface area (Å²) in [6.45, 7) is 0.296. The monoisotopic (exact) mass is 369 g/mol. The van der Waals surface area contributed by atoms with Gasteiger partial charge in [-0.25, -0.2) is 4.79 Å². The molecule has 1 aliphatic rings. The van der Waals surface area contributed by atoms with Gasteiger partial charge in [0.25, 0.3) is 0 Å². The Balaban J connectivity index is 1.48. The zero-order valence-electron chi connectivity index (χ0n) is 15.3. The number of rotatable bonds is 5. The average Bonchev–Trinajstić information content (AvgIpc) is 2.75. The van der Waals surface area contributed by atoms with Crippen LogP contribution in [0.25, 0.3) is 0 Å². The number of Topliss-reactive ketones (excluding diaryl/α,β-unsaturated/α-hetero) is 1. The molecular formula is C24H19NO3. The van der Waals surface area contributed by atoms with E-state index in [4.69, 9.17) is 4.74 Å². The molecule has 0 aromatic heterocycles. The van der Waals surface area contributed by atoms with E-state index in [9.17, 15) is 9.59 Å². The highest BCUT2D eigenvalue weighted by molar-refractivity contribution is 6.21. The predicted octanol–water partition coefficient (Wildman–Crippen LogP) is 4.79. The van der Waals surface area contributed by atoms with Gasteiger partial charge in [0.05, 0.1) is 30.0 Å². The molecule has 0 radical (unpaired) electrons. The van der Waals surface area contributed by atoms with Crippen LogP contribution in [0.2, 0.25) is 0 Å². The number of carbonyl (C=O) groups excluding carboxylic acids is 2. The van der Waals surface area contributed by atoms with Gasteiger partial charge >= 0.3 is 5.97 Å². The first kappa shape index (κ1) is 17.9. The molecule has 0 atom stereocenters. The van der Waals surface area contributed by atoms with E-state index in [1.54, 1.807) is 18.2 Å². The van der Waals surface area contributed by atoms with Gasteiger partial charge in [0.15, 0.2) is 5.78 Å². The molecule has 0 fully saturated rings. The Morgan fingerprint density at radius 2 is 1.64 bits per heavy atom. The molecule has 0 spiro atoms. The molecule has 1 heterocycles. The van der Waals surface area contributed by atoms with Gasteiger partial charge in [0.1, 0.15) is 0 Å². The highest BCUT2D eigenvalue weighted by Gasteiger charge is 2.22. The summed E-state index contributed by atoms with van der Waals surface area (Å²) < 4.78 is 5.36. The third-order valence-corrected chi connectivity index (χ3v) is 4.69. The van der Waals surface area contributed by atoms with E-state index in [0.29, 0.717) is 29.8 Å². The van der Waals surface area contributed by atoms with E-state index in [2.05, 4.69) is 4.99 Å². The maximum absolute atomic E-state index is 12.6. The number of aliphatic imine (C=N–C) groups is 1. The highest BCUT2D eigenvalue weighted by atomic mass is 16.5. The van der Waals surface area contributed by atoms with Crippen molar-refractivity contribution in [2.75, 3.05) is 6.61 Å². The van der Waals surface area contributed by atoms with Crippen LogP contribution in [0.3, 0.4) is 0 Å². The number of esters is 1. The first-order chi connectivity index (χ1) is 13.7. The largest absolute Gasteiger partial charge is 0.462 e. The van der Waals surface area contributed by atoms with Crippen molar-refractivity contribution >= 4 is 23.2 Å². The minimum absolute atomic E-state index is 0.0391. The summed E-state index contributed by atoms with van der Waals surface area (Å²) in [6, 6.07) is 24.5. The average molecular weight is 369 g/mol. The SMILES string of the molecule is O=C(OCCc1ccccc1)c1ccc2c(c1)C(=O)CC(c1ccccc1)=N2. The molecule has 28 heavy (non-hydrogen) atoms. The van der Waals surface area contributed by atoms with Gasteiger partial charge < -0.3 is 4.74 Å². The Morgan fingerprint density at radius 1 is 0.929 bits per heavy atom. The van der Waals surface area contributed by atoms with Crippen LogP contribution in [0, 0.1) is 0 Å². The van der Waals surface area contributed by atoms with Crippen LogP contribution >= 0.6 is 0 Å². The number of ether oxygens (including phenoxy) is 1. The molecule has 0 saturated heterocycles. The first-order valence-electron chi connectivity index (χ1n) is 9.22. The number of hydrogen-bond acceptors (Lipinski definition) is 4. The Hall–Kier alpha value is -3.53. The van der Waals surface area contributed by atoms with E-state index in [1.165, 1.54) is 0 Å². The molecule has 0 amide bonds. The van der Waals surface area contributed by atoms with Crippen LogP contribution in [0.1, 0.15) is 38.3 Å². The van der Waals surface area contributed by atoms with Crippen molar-refractivity contribution < 1.29 is 14.3 Å². The normalized spacial score (nSPS) is 12.9. The Morgan fingerprint density at radius 3 is 2.39 bits per heavy atom. The Bertz CT molecular complexity index is 1040. The molecule has 0 N–H and O–H groups in total. The maximum atomic E-state index is 12.6. The molecule has 138 valence electrons. The number of carbonyl (C=O) groups is 2. The van der Waals surface area contributed by atoms with Gasteiger partial charge in [-0.05, 0) is 29.3 Å². The highest BCUT2D eigenvalue weighted by Crippen LogP contribution is 2.29. The van der Waals surface area contributed by atoms with Crippen molar-refractivity contribution in [3.63, 3.8) is 0 Å². The summed E-state index contributed by atoms with van der Waals surface area (Å²) >= 11 is 0. The lowest BCUT2D eigenvalue weighted by Gasteiger charge is -2.15. The number of hydrogen-bond donors (Lipinski definition) is 0. The number of ketones is 1. The molecular weight excluding hydrogens is 350 g/mol. The second-order valence-electron chi connectivity index (χ2n) is 6.63. The fraction of sp³-hybridized carbons (Fsp3) is 0.125. The topological polar surface area (TPSA) is 55.7 Å². The summed E-state index contributed by atoms with van der Waals surface area (Å²) in [6.07, 6.45) is 0.880. The van der Waals surface area contributed by atoms with Gasteiger partial charge in [-0.1, -0.05) is 60.7 Å². The standard InChI is InChI=1S/C24H19NO3/c26-23-16-22(18-9-5-2-6-10-18)25-21-12-11-19(15-20(21)23)24(27)28-14-13-17-7-3-1-4-8-17/h1-12,15H,13-14,16H2. The van der Waals surface area contributed by atoms with Crippen LogP contribution in [-0.4, -0.2) is 24.1 Å². The van der Waals surface area contributed by atoms with E-state index in [-0.39, 0.29) is 12.2 Å². The molecule has 1 aliphatic heterocycles. The van der Waals surface area contributed by atoms with Crippen molar-refractivity contribution in [3.05, 3.63) is 101 Å². The fourth-order valence-electron chi connectivity index (χ4n) is 3.20. The second-order valence-corrected chi connectivity index (χ2v) is 6.63. The minimum Gasteiger partial charge on any atom is -0.462 e. The maximum Gasteiger partial charge on any atom is 0.338 e. The van der Waals surface area contributed by atoms with Crippen LogP contribution in [0.4, 0.5) is 5.69 Å². The number of benzene rings is 3.